The summed E-state index contributed by atoms with van der Waals surface area (Å²) in [6, 6.07) is 4.16. The van der Waals surface area contributed by atoms with E-state index in [0.29, 0.717) is 0 Å². The number of aromatic nitrogens is 1. The molecule has 0 aliphatic rings. The van der Waals surface area contributed by atoms with E-state index in [4.69, 9.17) is 10.5 Å². The number of ether oxygens (including phenoxy) is 1. The van der Waals surface area contributed by atoms with E-state index in [0.717, 1.165) is 29.4 Å². The lowest BCUT2D eigenvalue weighted by atomic mass is 10.0. The van der Waals surface area contributed by atoms with Crippen LogP contribution < -0.4 is 5.73 Å². The predicted octanol–water partition coefficient (Wildman–Crippen LogP) is 2.53. The fourth-order valence-electron chi connectivity index (χ4n) is 1.46. The van der Waals surface area contributed by atoms with Crippen LogP contribution in [0.15, 0.2) is 22.8 Å². The van der Waals surface area contributed by atoms with Gasteiger partial charge in [0.25, 0.3) is 0 Å². The molecule has 0 amide bonds. The minimum absolute atomic E-state index is 0.159. The van der Waals surface area contributed by atoms with Gasteiger partial charge >= 0.3 is 0 Å². The van der Waals surface area contributed by atoms with Crippen LogP contribution in [0.5, 0.6) is 0 Å². The van der Waals surface area contributed by atoms with Crippen molar-refractivity contribution in [2.75, 3.05) is 7.11 Å². The largest absolute Gasteiger partial charge is 0.382 e. The van der Waals surface area contributed by atoms with Gasteiger partial charge in [-0.2, -0.15) is 0 Å². The molecule has 1 heterocycles. The molecule has 1 aromatic rings. The molecule has 1 rings (SSSR count). The first-order valence-electron chi connectivity index (χ1n) is 5.50. The average molecular weight is 287 g/mol. The Morgan fingerprint density at radius 1 is 1.44 bits per heavy atom. The van der Waals surface area contributed by atoms with Gasteiger partial charge in [0.05, 0.1) is 6.10 Å². The van der Waals surface area contributed by atoms with Crippen LogP contribution in [-0.2, 0) is 11.2 Å². The van der Waals surface area contributed by atoms with E-state index in [1.54, 1.807) is 13.3 Å². The topological polar surface area (TPSA) is 48.1 Å². The Bertz CT molecular complexity index is 302. The molecule has 0 aliphatic heterocycles. The molecular formula is C12H19BrN2O. The van der Waals surface area contributed by atoms with Gasteiger partial charge in [0.15, 0.2) is 0 Å². The molecule has 0 saturated carbocycles. The molecule has 0 bridgehead atoms. The molecule has 2 N–H and O–H groups in total. The summed E-state index contributed by atoms with van der Waals surface area (Å²) in [6.07, 6.45) is 4.87. The molecule has 0 fully saturated rings. The first-order valence-corrected chi connectivity index (χ1v) is 6.30. The monoisotopic (exact) mass is 286 g/mol. The van der Waals surface area contributed by atoms with Gasteiger partial charge in [0.1, 0.15) is 0 Å². The van der Waals surface area contributed by atoms with Gasteiger partial charge < -0.3 is 10.5 Å². The number of hydrogen-bond acceptors (Lipinski definition) is 3. The second kappa shape index (κ2) is 6.99. The Morgan fingerprint density at radius 3 is 2.75 bits per heavy atom. The Balaban J connectivity index is 2.33. The minimum atomic E-state index is 0.159. The van der Waals surface area contributed by atoms with E-state index in [1.807, 2.05) is 12.1 Å². The van der Waals surface area contributed by atoms with Gasteiger partial charge in [-0.05, 0) is 47.8 Å². The van der Waals surface area contributed by atoms with E-state index in [9.17, 15) is 0 Å². The third-order valence-electron chi connectivity index (χ3n) is 2.61. The van der Waals surface area contributed by atoms with E-state index >= 15 is 0 Å². The zero-order valence-electron chi connectivity index (χ0n) is 9.82. The molecule has 0 spiro atoms. The quantitative estimate of drug-likeness (QED) is 0.874. The number of pyridine rings is 1. The number of halogens is 1. The summed E-state index contributed by atoms with van der Waals surface area (Å²) in [4.78, 5) is 4.31. The Hall–Kier alpha value is -0.450. The standard InChI is InChI=1S/C12H19BrN2O/c1-9(16-2)3-5-11(14)7-12-6-4-10(13)8-15-12/h4,6,8-9,11H,3,5,7,14H2,1-2H3. The molecule has 0 aromatic carbocycles. The highest BCUT2D eigenvalue weighted by Gasteiger charge is 2.07. The number of rotatable bonds is 6. The van der Waals surface area contributed by atoms with Crippen molar-refractivity contribution in [3.05, 3.63) is 28.5 Å². The van der Waals surface area contributed by atoms with Crippen molar-refractivity contribution in [1.29, 1.82) is 0 Å². The summed E-state index contributed by atoms with van der Waals surface area (Å²) in [5, 5.41) is 0. The van der Waals surface area contributed by atoms with Crippen molar-refractivity contribution in [2.45, 2.75) is 38.3 Å². The van der Waals surface area contributed by atoms with Crippen LogP contribution in [0.1, 0.15) is 25.5 Å². The molecule has 2 unspecified atom stereocenters. The van der Waals surface area contributed by atoms with Crippen LogP contribution in [0.25, 0.3) is 0 Å². The normalized spacial score (nSPS) is 14.8. The van der Waals surface area contributed by atoms with Crippen molar-refractivity contribution in [1.82, 2.24) is 4.98 Å². The van der Waals surface area contributed by atoms with E-state index in [2.05, 4.69) is 27.8 Å². The predicted molar refractivity (Wildman–Crippen MR) is 69.3 cm³/mol. The highest BCUT2D eigenvalue weighted by Crippen LogP contribution is 2.10. The Labute approximate surface area is 106 Å². The van der Waals surface area contributed by atoms with Gasteiger partial charge in [-0.15, -0.1) is 0 Å². The Morgan fingerprint density at radius 2 is 2.19 bits per heavy atom. The van der Waals surface area contributed by atoms with E-state index < -0.39 is 0 Å². The zero-order chi connectivity index (χ0) is 12.0. The lowest BCUT2D eigenvalue weighted by molar-refractivity contribution is 0.107. The van der Waals surface area contributed by atoms with Gasteiger partial charge in [-0.3, -0.25) is 4.98 Å². The molecule has 0 saturated heterocycles. The SMILES string of the molecule is COC(C)CCC(N)Cc1ccc(Br)cn1. The molecule has 0 aliphatic carbocycles. The van der Waals surface area contributed by atoms with Crippen molar-refractivity contribution in [3.8, 4) is 0 Å². The Kier molecular flexibility index (Phi) is 5.95. The number of nitrogens with zero attached hydrogens (tertiary/aromatic N) is 1. The van der Waals surface area contributed by atoms with Crippen LogP contribution in [-0.4, -0.2) is 24.2 Å². The lowest BCUT2D eigenvalue weighted by Gasteiger charge is -2.14. The third kappa shape index (κ3) is 5.05. The van der Waals surface area contributed by atoms with Crippen molar-refractivity contribution >= 4 is 15.9 Å². The maximum Gasteiger partial charge on any atom is 0.0543 e. The fourth-order valence-corrected chi connectivity index (χ4v) is 1.70. The first kappa shape index (κ1) is 13.6. The molecule has 16 heavy (non-hydrogen) atoms. The van der Waals surface area contributed by atoms with Crippen molar-refractivity contribution in [2.24, 2.45) is 5.73 Å². The molecule has 90 valence electrons. The van der Waals surface area contributed by atoms with Gasteiger partial charge in [-0.1, -0.05) is 0 Å². The smallest absolute Gasteiger partial charge is 0.0543 e. The van der Waals surface area contributed by atoms with Crippen LogP contribution >= 0.6 is 15.9 Å². The second-order valence-electron chi connectivity index (χ2n) is 4.06. The highest BCUT2D eigenvalue weighted by atomic mass is 79.9. The van der Waals surface area contributed by atoms with Gasteiger partial charge in [-0.25, -0.2) is 0 Å². The van der Waals surface area contributed by atoms with E-state index in [1.165, 1.54) is 0 Å². The average Bonchev–Trinajstić information content (AvgIpc) is 2.29. The molecule has 1 aromatic heterocycles. The molecular weight excluding hydrogens is 268 g/mol. The minimum Gasteiger partial charge on any atom is -0.382 e. The maximum atomic E-state index is 6.04. The van der Waals surface area contributed by atoms with Gasteiger partial charge in [0.2, 0.25) is 0 Å². The summed E-state index contributed by atoms with van der Waals surface area (Å²) in [5.74, 6) is 0. The number of hydrogen-bond donors (Lipinski definition) is 1. The van der Waals surface area contributed by atoms with Crippen LogP contribution in [0.2, 0.25) is 0 Å². The molecule has 3 nitrogen and oxygen atoms in total. The summed E-state index contributed by atoms with van der Waals surface area (Å²) >= 11 is 3.36. The first-order chi connectivity index (χ1) is 7.61. The number of nitrogens with two attached hydrogens (primary N) is 1. The van der Waals surface area contributed by atoms with Crippen molar-refractivity contribution in [3.63, 3.8) is 0 Å². The fraction of sp³-hybridized carbons (Fsp3) is 0.583. The summed E-state index contributed by atoms with van der Waals surface area (Å²) in [7, 11) is 1.73. The van der Waals surface area contributed by atoms with Crippen LogP contribution in [0.4, 0.5) is 0 Å². The molecule has 0 radical (unpaired) electrons. The lowest BCUT2D eigenvalue weighted by Crippen LogP contribution is -2.25. The van der Waals surface area contributed by atoms with Crippen LogP contribution in [0.3, 0.4) is 0 Å². The summed E-state index contributed by atoms with van der Waals surface area (Å²) in [5.41, 5.74) is 7.08. The zero-order valence-corrected chi connectivity index (χ0v) is 11.4. The summed E-state index contributed by atoms with van der Waals surface area (Å²) in [6.45, 7) is 2.06. The molecule has 2 atom stereocenters. The highest BCUT2D eigenvalue weighted by molar-refractivity contribution is 9.10. The van der Waals surface area contributed by atoms with Crippen LogP contribution in [0, 0.1) is 0 Å². The van der Waals surface area contributed by atoms with Crippen molar-refractivity contribution < 1.29 is 4.74 Å². The van der Waals surface area contributed by atoms with E-state index in [-0.39, 0.29) is 12.1 Å². The maximum absolute atomic E-state index is 6.04. The summed E-state index contributed by atoms with van der Waals surface area (Å²) < 4.78 is 6.19. The number of methoxy groups -OCH3 is 1. The second-order valence-corrected chi connectivity index (χ2v) is 4.97. The molecule has 4 heteroatoms. The van der Waals surface area contributed by atoms with Gasteiger partial charge in [0, 0.05) is 35.9 Å². The third-order valence-corrected chi connectivity index (χ3v) is 3.08.